The van der Waals surface area contributed by atoms with Gasteiger partial charge < -0.3 is 15.3 Å². The molecule has 1 heterocycles. The molecule has 17 heavy (non-hydrogen) atoms. The Bertz CT molecular complexity index is 589. The van der Waals surface area contributed by atoms with Gasteiger partial charge in [-0.2, -0.15) is 5.10 Å². The fourth-order valence-corrected chi connectivity index (χ4v) is 1.61. The van der Waals surface area contributed by atoms with Gasteiger partial charge in [0.1, 0.15) is 5.56 Å². The number of carbonyl (C=O) groups is 1. The lowest BCUT2D eigenvalue weighted by Crippen LogP contribution is -2.00. The van der Waals surface area contributed by atoms with Crippen LogP contribution in [0, 0.1) is 0 Å². The molecule has 88 valence electrons. The highest BCUT2D eigenvalue weighted by Gasteiger charge is 2.17. The Labute approximate surface area is 96.4 Å². The van der Waals surface area contributed by atoms with Crippen molar-refractivity contribution < 1.29 is 20.1 Å². The molecule has 0 radical (unpaired) electrons. The summed E-state index contributed by atoms with van der Waals surface area (Å²) >= 11 is 0. The average Bonchev–Trinajstić information content (AvgIpc) is 2.64. The number of benzene rings is 1. The maximum Gasteiger partial charge on any atom is 0.339 e. The van der Waals surface area contributed by atoms with Gasteiger partial charge >= 0.3 is 5.97 Å². The Morgan fingerprint density at radius 1 is 1.29 bits per heavy atom. The van der Waals surface area contributed by atoms with Crippen molar-refractivity contribution in [2.75, 3.05) is 0 Å². The lowest BCUT2D eigenvalue weighted by Gasteiger charge is -2.05. The summed E-state index contributed by atoms with van der Waals surface area (Å²) in [5.74, 6) is -1.66. The topological polar surface area (TPSA) is 95.6 Å². The molecule has 6 heteroatoms. The molecule has 0 unspecified atom stereocenters. The van der Waals surface area contributed by atoms with Crippen LogP contribution in [0.3, 0.4) is 0 Å². The minimum atomic E-state index is -1.10. The van der Waals surface area contributed by atoms with Crippen molar-refractivity contribution >= 4 is 5.97 Å². The maximum atomic E-state index is 11.0. The molecule has 0 saturated carbocycles. The van der Waals surface area contributed by atoms with Crippen LogP contribution in [0.4, 0.5) is 0 Å². The first kappa shape index (κ1) is 11.0. The van der Waals surface area contributed by atoms with Crippen LogP contribution in [-0.2, 0) is 7.05 Å². The van der Waals surface area contributed by atoms with Crippen LogP contribution >= 0.6 is 0 Å². The van der Waals surface area contributed by atoms with Crippen LogP contribution in [-0.4, -0.2) is 31.1 Å². The number of aromatic nitrogens is 2. The molecule has 0 aliphatic rings. The van der Waals surface area contributed by atoms with E-state index in [4.69, 9.17) is 5.11 Å². The van der Waals surface area contributed by atoms with Gasteiger partial charge in [0, 0.05) is 12.6 Å². The minimum absolute atomic E-state index is 0.0394. The normalized spacial score (nSPS) is 10.4. The second-order valence-corrected chi connectivity index (χ2v) is 3.54. The summed E-state index contributed by atoms with van der Waals surface area (Å²) in [5, 5.41) is 31.4. The molecular weight excluding hydrogens is 224 g/mol. The third-order valence-corrected chi connectivity index (χ3v) is 2.42. The highest BCUT2D eigenvalue weighted by atomic mass is 16.4. The molecule has 6 nitrogen and oxygen atoms in total. The summed E-state index contributed by atoms with van der Waals surface area (Å²) in [7, 11) is 1.60. The van der Waals surface area contributed by atoms with Gasteiger partial charge in [-0.15, -0.1) is 0 Å². The van der Waals surface area contributed by atoms with Crippen LogP contribution in [0.2, 0.25) is 0 Å². The lowest BCUT2D eigenvalue weighted by atomic mass is 10.1. The van der Waals surface area contributed by atoms with Gasteiger partial charge in [-0.05, 0) is 18.2 Å². The number of hydrogen-bond acceptors (Lipinski definition) is 4. The van der Waals surface area contributed by atoms with Crippen molar-refractivity contribution in [2.24, 2.45) is 7.05 Å². The van der Waals surface area contributed by atoms with Crippen LogP contribution in [0.5, 0.6) is 11.5 Å². The first-order valence-electron chi connectivity index (χ1n) is 4.78. The van der Waals surface area contributed by atoms with Crippen molar-refractivity contribution in [1.29, 1.82) is 0 Å². The Hall–Kier alpha value is -2.50. The van der Waals surface area contributed by atoms with Crippen LogP contribution in [0.25, 0.3) is 11.3 Å². The fourth-order valence-electron chi connectivity index (χ4n) is 1.61. The predicted molar refractivity (Wildman–Crippen MR) is 58.9 cm³/mol. The Balaban J connectivity index is 2.63. The van der Waals surface area contributed by atoms with Gasteiger partial charge in [0.25, 0.3) is 0 Å². The number of phenolic OH excluding ortho intramolecular Hbond substituents is 2. The van der Waals surface area contributed by atoms with E-state index in [-0.39, 0.29) is 17.1 Å². The van der Waals surface area contributed by atoms with Crippen LogP contribution < -0.4 is 0 Å². The van der Waals surface area contributed by atoms with Gasteiger partial charge in [-0.3, -0.25) is 4.68 Å². The molecule has 0 aliphatic carbocycles. The van der Waals surface area contributed by atoms with Crippen LogP contribution in [0.15, 0.2) is 24.4 Å². The Kier molecular flexibility index (Phi) is 2.47. The monoisotopic (exact) mass is 234 g/mol. The molecule has 0 bridgehead atoms. The van der Waals surface area contributed by atoms with E-state index in [1.807, 2.05) is 0 Å². The highest BCUT2D eigenvalue weighted by Crippen LogP contribution is 2.31. The van der Waals surface area contributed by atoms with E-state index in [2.05, 4.69) is 5.10 Å². The van der Waals surface area contributed by atoms with Gasteiger partial charge in [0.05, 0.1) is 11.9 Å². The number of phenols is 2. The Morgan fingerprint density at radius 2 is 2.00 bits per heavy atom. The molecule has 3 N–H and O–H groups in total. The quantitative estimate of drug-likeness (QED) is 0.678. The van der Waals surface area contributed by atoms with E-state index in [9.17, 15) is 15.0 Å². The van der Waals surface area contributed by atoms with E-state index >= 15 is 0 Å². The first-order valence-corrected chi connectivity index (χ1v) is 4.78. The van der Waals surface area contributed by atoms with Gasteiger partial charge in [0.2, 0.25) is 0 Å². The molecule has 0 spiro atoms. The summed E-state index contributed by atoms with van der Waals surface area (Å²) in [6.07, 6.45) is 1.24. The molecule has 0 saturated heterocycles. The second kappa shape index (κ2) is 3.82. The molecule has 0 fully saturated rings. The maximum absolute atomic E-state index is 11.0. The smallest absolute Gasteiger partial charge is 0.339 e. The third kappa shape index (κ3) is 1.80. The number of nitrogens with zero attached hydrogens (tertiary/aromatic N) is 2. The highest BCUT2D eigenvalue weighted by molar-refractivity contribution is 5.94. The molecule has 2 aromatic rings. The van der Waals surface area contributed by atoms with E-state index < -0.39 is 5.97 Å². The van der Waals surface area contributed by atoms with Crippen molar-refractivity contribution in [3.8, 4) is 22.8 Å². The molecule has 0 atom stereocenters. The second-order valence-electron chi connectivity index (χ2n) is 3.54. The number of rotatable bonds is 2. The van der Waals surface area contributed by atoms with Gasteiger partial charge in [0.15, 0.2) is 11.5 Å². The number of carboxylic acid groups (broad SMARTS) is 1. The molecule has 2 rings (SSSR count). The summed E-state index contributed by atoms with van der Waals surface area (Å²) in [6, 6.07) is 4.10. The predicted octanol–water partition coefficient (Wildman–Crippen LogP) is 1.20. The number of hydrogen-bond donors (Lipinski definition) is 3. The minimum Gasteiger partial charge on any atom is -0.504 e. The van der Waals surface area contributed by atoms with E-state index in [0.29, 0.717) is 11.3 Å². The van der Waals surface area contributed by atoms with Crippen molar-refractivity contribution in [3.63, 3.8) is 0 Å². The zero-order chi connectivity index (χ0) is 12.6. The summed E-state index contributed by atoms with van der Waals surface area (Å²) < 4.78 is 1.40. The van der Waals surface area contributed by atoms with Crippen molar-refractivity contribution in [3.05, 3.63) is 30.0 Å². The number of carboxylic acids is 1. The summed E-state index contributed by atoms with van der Waals surface area (Å²) in [6.45, 7) is 0. The summed E-state index contributed by atoms with van der Waals surface area (Å²) in [5.41, 5.74) is 0.878. The lowest BCUT2D eigenvalue weighted by molar-refractivity contribution is 0.0697. The number of aromatic carboxylic acids is 1. The van der Waals surface area contributed by atoms with E-state index in [0.717, 1.165) is 0 Å². The molecule has 1 aromatic carbocycles. The van der Waals surface area contributed by atoms with E-state index in [1.54, 1.807) is 7.05 Å². The molecule has 0 aliphatic heterocycles. The summed E-state index contributed by atoms with van der Waals surface area (Å²) in [4.78, 5) is 11.0. The number of aryl methyl sites for hydroxylation is 1. The zero-order valence-corrected chi connectivity index (χ0v) is 8.95. The van der Waals surface area contributed by atoms with Gasteiger partial charge in [-0.1, -0.05) is 0 Å². The third-order valence-electron chi connectivity index (χ3n) is 2.42. The molecule has 1 aromatic heterocycles. The first-order chi connectivity index (χ1) is 8.00. The largest absolute Gasteiger partial charge is 0.504 e. The standard InChI is InChI=1S/C11H10N2O4/c1-13-10(7(5-12-13)11(16)17)6-2-3-8(14)9(15)4-6/h2-5,14-15H,1H3,(H,16,17). The van der Waals surface area contributed by atoms with E-state index in [1.165, 1.54) is 29.1 Å². The molecular formula is C11H10N2O4. The zero-order valence-electron chi connectivity index (χ0n) is 8.95. The Morgan fingerprint density at radius 3 is 2.59 bits per heavy atom. The van der Waals surface area contributed by atoms with Gasteiger partial charge in [-0.25, -0.2) is 4.79 Å². The van der Waals surface area contributed by atoms with Crippen LogP contribution in [0.1, 0.15) is 10.4 Å². The van der Waals surface area contributed by atoms with Crippen molar-refractivity contribution in [2.45, 2.75) is 0 Å². The fraction of sp³-hybridized carbons (Fsp3) is 0.0909. The SMILES string of the molecule is Cn1ncc(C(=O)O)c1-c1ccc(O)c(O)c1. The van der Waals surface area contributed by atoms with Crippen molar-refractivity contribution in [1.82, 2.24) is 9.78 Å². The molecule has 0 amide bonds. The average molecular weight is 234 g/mol. The number of aromatic hydroxyl groups is 2.